The normalized spacial score (nSPS) is 29.3. The Morgan fingerprint density at radius 3 is 2.69 bits per heavy atom. The molecule has 0 amide bonds. The first-order valence-corrected chi connectivity index (χ1v) is 13.1. The number of phenols is 1. The van der Waals surface area contributed by atoms with E-state index in [4.69, 9.17) is 4.74 Å². The zero-order valence-electron chi connectivity index (χ0n) is 19.0. The van der Waals surface area contributed by atoms with Crippen molar-refractivity contribution in [3.05, 3.63) is 53.3 Å². The Balaban J connectivity index is 1.50. The van der Waals surface area contributed by atoms with Crippen molar-refractivity contribution in [1.82, 2.24) is 9.21 Å². The molecule has 0 aromatic heterocycles. The summed E-state index contributed by atoms with van der Waals surface area (Å²) in [6, 6.07) is 4.66. The molecule has 0 spiro atoms. The van der Waals surface area contributed by atoms with Gasteiger partial charge in [0.2, 0.25) is 10.0 Å². The van der Waals surface area contributed by atoms with Gasteiger partial charge in [0.05, 0.1) is 19.0 Å². The third kappa shape index (κ3) is 4.58. The Kier molecular flexibility index (Phi) is 6.40. The van der Waals surface area contributed by atoms with Crippen LogP contribution in [0.4, 0.5) is 4.39 Å². The molecule has 2 aliphatic heterocycles. The molecule has 1 aromatic carbocycles. The first-order chi connectivity index (χ1) is 15.1. The Morgan fingerprint density at radius 2 is 2.06 bits per heavy atom. The van der Waals surface area contributed by atoms with Gasteiger partial charge in [0.15, 0.2) is 0 Å². The summed E-state index contributed by atoms with van der Waals surface area (Å²) in [6.07, 6.45) is 8.49. The van der Waals surface area contributed by atoms with Crippen LogP contribution in [0.5, 0.6) is 5.75 Å². The lowest BCUT2D eigenvalue weighted by molar-refractivity contribution is 0.0558. The predicted molar refractivity (Wildman–Crippen MR) is 123 cm³/mol. The maximum Gasteiger partial charge on any atom is 0.212 e. The molecule has 0 saturated carbocycles. The lowest BCUT2D eigenvalue weighted by Crippen LogP contribution is -2.50. The van der Waals surface area contributed by atoms with E-state index in [1.807, 2.05) is 25.1 Å². The average molecular weight is 465 g/mol. The molecule has 6 nitrogen and oxygen atoms in total. The van der Waals surface area contributed by atoms with Crippen molar-refractivity contribution in [2.45, 2.75) is 38.8 Å². The lowest BCUT2D eigenvalue weighted by Gasteiger charge is -2.48. The van der Waals surface area contributed by atoms with Gasteiger partial charge in [-0.2, -0.15) is 4.31 Å². The Hall–Kier alpha value is -1.90. The van der Waals surface area contributed by atoms with Gasteiger partial charge in [0.25, 0.3) is 0 Å². The lowest BCUT2D eigenvalue weighted by atomic mass is 9.71. The molecule has 4 rings (SSSR count). The Labute approximate surface area is 190 Å². The Morgan fingerprint density at radius 1 is 1.31 bits per heavy atom. The number of nitrogens with zero attached hydrogens (tertiary/aromatic N) is 2. The van der Waals surface area contributed by atoms with E-state index in [9.17, 15) is 17.9 Å². The molecule has 2 heterocycles. The SMILES string of the molecule is C[C@@H]1Cc2cc(O)ccc2[C@H](C2(C)C=CC(OCCN3CC(CF)C3)=CC2)N1S(C)(=O)=O. The number of phenolic OH excluding ortho intramolecular Hbond substituents is 1. The summed E-state index contributed by atoms with van der Waals surface area (Å²) in [6.45, 7) is 6.65. The van der Waals surface area contributed by atoms with E-state index in [0.717, 1.165) is 36.5 Å². The summed E-state index contributed by atoms with van der Waals surface area (Å²) in [5, 5.41) is 9.97. The van der Waals surface area contributed by atoms with Gasteiger partial charge >= 0.3 is 0 Å². The Bertz CT molecular complexity index is 1020. The topological polar surface area (TPSA) is 70.1 Å². The number of benzene rings is 1. The molecule has 1 fully saturated rings. The van der Waals surface area contributed by atoms with Gasteiger partial charge in [-0.3, -0.25) is 9.29 Å². The smallest absolute Gasteiger partial charge is 0.212 e. The molecule has 176 valence electrons. The molecular weight excluding hydrogens is 431 g/mol. The third-order valence-electron chi connectivity index (χ3n) is 6.93. The van der Waals surface area contributed by atoms with Crippen molar-refractivity contribution in [2.24, 2.45) is 11.3 Å². The third-order valence-corrected chi connectivity index (χ3v) is 8.27. The van der Waals surface area contributed by atoms with E-state index in [1.54, 1.807) is 16.4 Å². The number of aromatic hydroxyl groups is 1. The minimum Gasteiger partial charge on any atom is -0.508 e. The summed E-state index contributed by atoms with van der Waals surface area (Å²) >= 11 is 0. The first kappa shape index (κ1) is 23.3. The number of allylic oxidation sites excluding steroid dienone is 2. The number of likely N-dealkylation sites (tertiary alicyclic amines) is 1. The van der Waals surface area contributed by atoms with Crippen molar-refractivity contribution >= 4 is 10.0 Å². The van der Waals surface area contributed by atoms with Crippen LogP contribution in [0.2, 0.25) is 0 Å². The number of hydrogen-bond acceptors (Lipinski definition) is 5. The highest BCUT2D eigenvalue weighted by atomic mass is 32.2. The summed E-state index contributed by atoms with van der Waals surface area (Å²) in [5.41, 5.74) is 1.47. The number of ether oxygens (including phenoxy) is 1. The van der Waals surface area contributed by atoms with Crippen LogP contribution in [0, 0.1) is 11.3 Å². The molecule has 8 heteroatoms. The van der Waals surface area contributed by atoms with Crippen LogP contribution >= 0.6 is 0 Å². The second-order valence-corrected chi connectivity index (χ2v) is 11.6. The van der Waals surface area contributed by atoms with Crippen LogP contribution in [-0.2, 0) is 21.2 Å². The summed E-state index contributed by atoms with van der Waals surface area (Å²) in [4.78, 5) is 2.18. The van der Waals surface area contributed by atoms with E-state index < -0.39 is 15.4 Å². The first-order valence-electron chi connectivity index (χ1n) is 11.2. The minimum absolute atomic E-state index is 0.171. The number of hydrogen-bond donors (Lipinski definition) is 1. The second kappa shape index (κ2) is 8.80. The van der Waals surface area contributed by atoms with E-state index in [1.165, 1.54) is 6.26 Å². The highest BCUT2D eigenvalue weighted by molar-refractivity contribution is 7.88. The van der Waals surface area contributed by atoms with Gasteiger partial charge in [0, 0.05) is 37.0 Å². The van der Waals surface area contributed by atoms with Gasteiger partial charge in [-0.25, -0.2) is 8.42 Å². The maximum atomic E-state index is 12.8. The molecule has 1 aliphatic carbocycles. The second-order valence-electron chi connectivity index (χ2n) is 9.71. The van der Waals surface area contributed by atoms with Crippen LogP contribution in [0.3, 0.4) is 0 Å². The molecular formula is C24H33FN2O4S. The van der Waals surface area contributed by atoms with Crippen molar-refractivity contribution in [3.63, 3.8) is 0 Å². The molecule has 3 aliphatic rings. The largest absolute Gasteiger partial charge is 0.508 e. The van der Waals surface area contributed by atoms with Crippen molar-refractivity contribution in [3.8, 4) is 5.75 Å². The summed E-state index contributed by atoms with van der Waals surface area (Å²) in [5.74, 6) is 1.15. The van der Waals surface area contributed by atoms with Gasteiger partial charge in [-0.1, -0.05) is 19.1 Å². The van der Waals surface area contributed by atoms with Crippen molar-refractivity contribution < 1.29 is 22.7 Å². The zero-order chi connectivity index (χ0) is 23.1. The molecule has 32 heavy (non-hydrogen) atoms. The van der Waals surface area contributed by atoms with Crippen LogP contribution < -0.4 is 0 Å². The van der Waals surface area contributed by atoms with Crippen LogP contribution in [0.15, 0.2) is 42.2 Å². The molecule has 1 unspecified atom stereocenters. The number of alkyl halides is 1. The van der Waals surface area contributed by atoms with Crippen LogP contribution in [0.1, 0.15) is 37.4 Å². The quantitative estimate of drug-likeness (QED) is 0.670. The molecule has 1 aromatic rings. The van der Waals surface area contributed by atoms with Gasteiger partial charge in [-0.05, 0) is 55.2 Å². The van der Waals surface area contributed by atoms with E-state index in [2.05, 4.69) is 17.9 Å². The highest BCUT2D eigenvalue weighted by Gasteiger charge is 2.47. The molecule has 3 atom stereocenters. The fourth-order valence-corrected chi connectivity index (χ4v) is 6.75. The van der Waals surface area contributed by atoms with Crippen molar-refractivity contribution in [2.75, 3.05) is 39.2 Å². The molecule has 0 radical (unpaired) electrons. The number of halogens is 1. The summed E-state index contributed by atoms with van der Waals surface area (Å²) in [7, 11) is -3.45. The maximum absolute atomic E-state index is 12.8. The van der Waals surface area contributed by atoms with Crippen molar-refractivity contribution in [1.29, 1.82) is 0 Å². The van der Waals surface area contributed by atoms with E-state index >= 15 is 0 Å². The fraction of sp³-hybridized carbons (Fsp3) is 0.583. The molecule has 1 saturated heterocycles. The van der Waals surface area contributed by atoms with E-state index in [-0.39, 0.29) is 30.4 Å². The average Bonchev–Trinajstić information content (AvgIpc) is 2.69. The number of rotatable bonds is 7. The highest BCUT2D eigenvalue weighted by Crippen LogP contribution is 2.50. The molecule has 0 bridgehead atoms. The van der Waals surface area contributed by atoms with Gasteiger partial charge in [0.1, 0.15) is 18.1 Å². The summed E-state index contributed by atoms with van der Waals surface area (Å²) < 4.78 is 45.7. The van der Waals surface area contributed by atoms with Crippen LogP contribution in [0.25, 0.3) is 0 Å². The standard InChI is InChI=1S/C24H33FN2O4S/c1-17-12-19-13-20(28)4-5-22(19)23(27(17)32(3,29)30)24(2)8-6-21(7-9-24)31-11-10-26-15-18(14-25)16-26/h4-8,13,17-18,23,28H,9-12,14-16H2,1-3H3/t17-,23-,24?/m1/s1. The van der Waals surface area contributed by atoms with E-state index in [0.29, 0.717) is 19.4 Å². The zero-order valence-corrected chi connectivity index (χ0v) is 19.8. The van der Waals surface area contributed by atoms with Gasteiger partial charge in [-0.15, -0.1) is 0 Å². The predicted octanol–water partition coefficient (Wildman–Crippen LogP) is 3.41. The number of sulfonamides is 1. The molecule has 1 N–H and O–H groups in total. The fourth-order valence-electron chi connectivity index (χ4n) is 5.29. The monoisotopic (exact) mass is 464 g/mol. The minimum atomic E-state index is -3.45. The van der Waals surface area contributed by atoms with Crippen LogP contribution in [-0.4, -0.2) is 67.9 Å². The number of fused-ring (bicyclic) bond motifs is 1. The van der Waals surface area contributed by atoms with Gasteiger partial charge < -0.3 is 9.84 Å².